The van der Waals surface area contributed by atoms with Gasteiger partial charge in [-0.15, -0.1) is 11.3 Å². The quantitative estimate of drug-likeness (QED) is 0.790. The zero-order chi connectivity index (χ0) is 14.8. The molecule has 0 saturated heterocycles. The number of hydrogen-bond donors (Lipinski definition) is 2. The van der Waals surface area contributed by atoms with Crippen molar-refractivity contribution in [2.75, 3.05) is 6.54 Å². The van der Waals surface area contributed by atoms with Crippen molar-refractivity contribution in [2.24, 2.45) is 0 Å². The van der Waals surface area contributed by atoms with E-state index in [9.17, 15) is 13.2 Å². The molecule has 1 aromatic heterocycles. The van der Waals surface area contributed by atoms with Gasteiger partial charge in [0.2, 0.25) is 10.0 Å². The maximum atomic E-state index is 12.1. The van der Waals surface area contributed by atoms with Crippen LogP contribution in [0.5, 0.6) is 0 Å². The molecule has 0 saturated carbocycles. The van der Waals surface area contributed by atoms with E-state index in [1.165, 1.54) is 11.6 Å². The van der Waals surface area contributed by atoms with Gasteiger partial charge in [-0.2, -0.15) is 0 Å². The van der Waals surface area contributed by atoms with Crippen LogP contribution in [0.1, 0.15) is 40.9 Å². The number of carboxylic acids is 1. The predicted octanol–water partition coefficient (Wildman–Crippen LogP) is 2.53. The zero-order valence-corrected chi connectivity index (χ0v) is 12.8. The zero-order valence-electron chi connectivity index (χ0n) is 11.2. The summed E-state index contributed by atoms with van der Waals surface area (Å²) in [6.45, 7) is 1.95. The Morgan fingerprint density at radius 3 is 2.80 bits per heavy atom. The Bertz CT molecular complexity index is 643. The third kappa shape index (κ3) is 3.47. The van der Waals surface area contributed by atoms with E-state index in [0.29, 0.717) is 12.1 Å². The topological polar surface area (TPSA) is 83.5 Å². The van der Waals surface area contributed by atoms with Crippen LogP contribution in [0.4, 0.5) is 0 Å². The van der Waals surface area contributed by atoms with Crippen LogP contribution in [-0.4, -0.2) is 26.0 Å². The molecule has 0 unspecified atom stereocenters. The third-order valence-electron chi connectivity index (χ3n) is 3.23. The molecule has 20 heavy (non-hydrogen) atoms. The normalized spacial score (nSPS) is 15.3. The van der Waals surface area contributed by atoms with Crippen molar-refractivity contribution in [3.8, 4) is 0 Å². The standard InChI is InChI=1S/C13H17NO4S2/c1-9-8-11(19-12(9)13(15)16)20(17,18)14-7-6-10-4-2-3-5-10/h4,8,14H,2-3,5-7H2,1H3,(H,15,16). The molecule has 2 rings (SSSR count). The van der Waals surface area contributed by atoms with Gasteiger partial charge in [-0.3, -0.25) is 0 Å². The Morgan fingerprint density at radius 2 is 2.25 bits per heavy atom. The molecule has 1 aliphatic rings. The number of allylic oxidation sites excluding steroid dienone is 1. The summed E-state index contributed by atoms with van der Waals surface area (Å²) in [6, 6.07) is 1.41. The molecule has 5 nitrogen and oxygen atoms in total. The number of hydrogen-bond acceptors (Lipinski definition) is 4. The highest BCUT2D eigenvalue weighted by molar-refractivity contribution is 7.91. The Hall–Kier alpha value is -1.18. The van der Waals surface area contributed by atoms with Crippen molar-refractivity contribution < 1.29 is 18.3 Å². The number of aryl methyl sites for hydroxylation is 1. The molecular weight excluding hydrogens is 298 g/mol. The fraction of sp³-hybridized carbons (Fsp3) is 0.462. The Kier molecular flexibility index (Phi) is 4.62. The molecule has 2 N–H and O–H groups in total. The molecule has 0 atom stereocenters. The average Bonchev–Trinajstić information content (AvgIpc) is 2.98. The summed E-state index contributed by atoms with van der Waals surface area (Å²) in [7, 11) is -3.61. The van der Waals surface area contributed by atoms with E-state index < -0.39 is 16.0 Å². The van der Waals surface area contributed by atoms with Gasteiger partial charge in [0, 0.05) is 6.54 Å². The van der Waals surface area contributed by atoms with Crippen LogP contribution in [0.15, 0.2) is 21.9 Å². The summed E-state index contributed by atoms with van der Waals surface area (Å²) < 4.78 is 26.8. The summed E-state index contributed by atoms with van der Waals surface area (Å²) in [4.78, 5) is 11.0. The number of aromatic carboxylic acids is 1. The highest BCUT2D eigenvalue weighted by Crippen LogP contribution is 2.26. The summed E-state index contributed by atoms with van der Waals surface area (Å²) >= 11 is 0.793. The lowest BCUT2D eigenvalue weighted by Crippen LogP contribution is -2.24. The van der Waals surface area contributed by atoms with Gasteiger partial charge in [-0.1, -0.05) is 11.6 Å². The lowest BCUT2D eigenvalue weighted by atomic mass is 10.2. The van der Waals surface area contributed by atoms with Crippen molar-refractivity contribution in [2.45, 2.75) is 36.8 Å². The lowest BCUT2D eigenvalue weighted by molar-refractivity contribution is 0.0701. The first-order valence-electron chi connectivity index (χ1n) is 6.41. The number of nitrogens with one attached hydrogen (secondary N) is 1. The molecule has 0 fully saturated rings. The van der Waals surface area contributed by atoms with Crippen LogP contribution in [-0.2, 0) is 10.0 Å². The molecule has 7 heteroatoms. The number of carbonyl (C=O) groups is 1. The monoisotopic (exact) mass is 315 g/mol. The minimum absolute atomic E-state index is 0.0628. The van der Waals surface area contributed by atoms with E-state index in [-0.39, 0.29) is 9.09 Å². The fourth-order valence-corrected chi connectivity index (χ4v) is 4.63. The molecule has 1 aromatic rings. The van der Waals surface area contributed by atoms with Gasteiger partial charge in [-0.25, -0.2) is 17.9 Å². The molecule has 0 aliphatic heterocycles. The van der Waals surface area contributed by atoms with Crippen LogP contribution in [0, 0.1) is 6.92 Å². The van der Waals surface area contributed by atoms with Crippen molar-refractivity contribution in [3.63, 3.8) is 0 Å². The first kappa shape index (κ1) is 15.2. The highest BCUT2D eigenvalue weighted by atomic mass is 32.2. The maximum Gasteiger partial charge on any atom is 0.346 e. The second kappa shape index (κ2) is 6.07. The highest BCUT2D eigenvalue weighted by Gasteiger charge is 2.21. The van der Waals surface area contributed by atoms with Gasteiger partial charge >= 0.3 is 5.97 Å². The average molecular weight is 315 g/mol. The largest absolute Gasteiger partial charge is 0.477 e. The summed E-state index contributed by atoms with van der Waals surface area (Å²) in [5.41, 5.74) is 1.77. The fourth-order valence-electron chi connectivity index (χ4n) is 2.18. The number of sulfonamides is 1. The number of thiophene rings is 1. The van der Waals surface area contributed by atoms with Crippen molar-refractivity contribution in [1.82, 2.24) is 4.72 Å². The first-order valence-corrected chi connectivity index (χ1v) is 8.71. The van der Waals surface area contributed by atoms with Gasteiger partial charge in [0.1, 0.15) is 9.09 Å². The van der Waals surface area contributed by atoms with Crippen molar-refractivity contribution in [1.29, 1.82) is 0 Å². The second-order valence-electron chi connectivity index (χ2n) is 4.79. The summed E-state index contributed by atoms with van der Waals surface area (Å²) in [6.07, 6.45) is 6.15. The van der Waals surface area contributed by atoms with Gasteiger partial charge in [0.15, 0.2) is 0 Å². The predicted molar refractivity (Wildman–Crippen MR) is 77.8 cm³/mol. The SMILES string of the molecule is Cc1cc(S(=O)(=O)NCCC2=CCCC2)sc1C(=O)O. The Balaban J connectivity index is 2.02. The van der Waals surface area contributed by atoms with Gasteiger partial charge in [0.25, 0.3) is 0 Å². The van der Waals surface area contributed by atoms with Crippen LogP contribution in [0.3, 0.4) is 0 Å². The number of carboxylic acid groups (broad SMARTS) is 1. The lowest BCUT2D eigenvalue weighted by Gasteiger charge is -2.05. The van der Waals surface area contributed by atoms with E-state index in [1.54, 1.807) is 6.92 Å². The van der Waals surface area contributed by atoms with Crippen molar-refractivity contribution in [3.05, 3.63) is 28.2 Å². The Morgan fingerprint density at radius 1 is 1.50 bits per heavy atom. The summed E-state index contributed by atoms with van der Waals surface area (Å²) in [5, 5.41) is 8.95. The first-order chi connectivity index (χ1) is 9.40. The van der Waals surface area contributed by atoms with Crippen LogP contribution in [0.25, 0.3) is 0 Å². The molecule has 1 heterocycles. The maximum absolute atomic E-state index is 12.1. The van der Waals surface area contributed by atoms with E-state index in [2.05, 4.69) is 10.8 Å². The molecule has 0 aromatic carbocycles. The smallest absolute Gasteiger partial charge is 0.346 e. The minimum Gasteiger partial charge on any atom is -0.477 e. The Labute approximate surface area is 122 Å². The van der Waals surface area contributed by atoms with E-state index in [4.69, 9.17) is 5.11 Å². The van der Waals surface area contributed by atoms with Gasteiger partial charge < -0.3 is 5.11 Å². The summed E-state index contributed by atoms with van der Waals surface area (Å²) in [5.74, 6) is -1.09. The minimum atomic E-state index is -3.61. The van der Waals surface area contributed by atoms with E-state index in [1.807, 2.05) is 0 Å². The van der Waals surface area contributed by atoms with Crippen LogP contribution in [0.2, 0.25) is 0 Å². The van der Waals surface area contributed by atoms with Crippen LogP contribution < -0.4 is 4.72 Å². The number of rotatable bonds is 6. The van der Waals surface area contributed by atoms with Gasteiger partial charge in [-0.05, 0) is 44.2 Å². The van der Waals surface area contributed by atoms with Crippen molar-refractivity contribution >= 4 is 27.3 Å². The van der Waals surface area contributed by atoms with E-state index >= 15 is 0 Å². The van der Waals surface area contributed by atoms with Crippen LogP contribution >= 0.6 is 11.3 Å². The van der Waals surface area contributed by atoms with Gasteiger partial charge in [0.05, 0.1) is 0 Å². The molecule has 0 spiro atoms. The molecule has 110 valence electrons. The molecule has 1 aliphatic carbocycles. The molecular formula is C13H17NO4S2. The second-order valence-corrected chi connectivity index (χ2v) is 7.83. The van der Waals surface area contributed by atoms with E-state index in [0.717, 1.165) is 37.0 Å². The third-order valence-corrected chi connectivity index (χ3v) is 6.39. The molecule has 0 amide bonds. The molecule has 0 bridgehead atoms. The molecule has 0 radical (unpaired) electrons.